The van der Waals surface area contributed by atoms with Crippen LogP contribution in [0.25, 0.3) is 0 Å². The fourth-order valence-electron chi connectivity index (χ4n) is 2.45. The van der Waals surface area contributed by atoms with Gasteiger partial charge in [-0.1, -0.05) is 40.2 Å². The summed E-state index contributed by atoms with van der Waals surface area (Å²) in [4.78, 5) is 14.7. The monoisotopic (exact) mass is 407 g/mol. The Balaban J connectivity index is 1.87. The smallest absolute Gasteiger partial charge is 0.230 e. The predicted octanol–water partition coefficient (Wildman–Crippen LogP) is 2.81. The predicted molar refractivity (Wildman–Crippen MR) is 104 cm³/mol. The summed E-state index contributed by atoms with van der Waals surface area (Å²) in [6.45, 7) is 3.60. The first kappa shape index (κ1) is 19.0. The van der Waals surface area contributed by atoms with Gasteiger partial charge in [-0.2, -0.15) is 0 Å². The molecule has 0 unspecified atom stereocenters. The topological polar surface area (TPSA) is 33.5 Å². The minimum Gasteiger partial charge on any atom is -0.351 e. The maximum Gasteiger partial charge on any atom is 0.230 e. The molecule has 0 atom stereocenters. The van der Waals surface area contributed by atoms with Gasteiger partial charge in [-0.15, -0.1) is 11.8 Å². The van der Waals surface area contributed by atoms with Gasteiger partial charge < -0.3 is 10.2 Å². The van der Waals surface area contributed by atoms with Crippen molar-refractivity contribution >= 4 is 33.6 Å². The standard InChI is InChI=1S/C19H23BrN2OS/c1-14-10-17(20)8-9-18(14)24-13-19(23)21-11-15-6-4-5-7-16(15)12-22(2)3/h4-10H,11-13H2,1-3H3,(H,21,23)/p+1. The van der Waals surface area contributed by atoms with E-state index < -0.39 is 0 Å². The number of aryl methyl sites for hydroxylation is 1. The van der Waals surface area contributed by atoms with E-state index in [1.807, 2.05) is 18.2 Å². The van der Waals surface area contributed by atoms with Gasteiger partial charge in [-0.25, -0.2) is 0 Å². The normalized spacial score (nSPS) is 10.9. The lowest BCUT2D eigenvalue weighted by atomic mass is 10.1. The Hall–Kier alpha value is -1.30. The molecule has 0 saturated heterocycles. The molecule has 2 N–H and O–H groups in total. The van der Waals surface area contributed by atoms with Gasteiger partial charge in [-0.05, 0) is 36.2 Å². The summed E-state index contributed by atoms with van der Waals surface area (Å²) < 4.78 is 1.06. The van der Waals surface area contributed by atoms with Crippen molar-refractivity contribution in [2.75, 3.05) is 19.8 Å². The second kappa shape index (κ2) is 9.25. The van der Waals surface area contributed by atoms with Crippen LogP contribution in [0.4, 0.5) is 0 Å². The number of benzene rings is 2. The van der Waals surface area contributed by atoms with Gasteiger partial charge in [0, 0.05) is 21.5 Å². The lowest BCUT2D eigenvalue weighted by Gasteiger charge is -2.13. The highest BCUT2D eigenvalue weighted by molar-refractivity contribution is 9.10. The highest BCUT2D eigenvalue weighted by atomic mass is 79.9. The summed E-state index contributed by atoms with van der Waals surface area (Å²) in [5, 5.41) is 3.04. The van der Waals surface area contributed by atoms with E-state index >= 15 is 0 Å². The molecule has 2 aromatic rings. The van der Waals surface area contributed by atoms with Gasteiger partial charge in [0.05, 0.1) is 19.8 Å². The van der Waals surface area contributed by atoms with Gasteiger partial charge in [0.1, 0.15) is 6.54 Å². The maximum absolute atomic E-state index is 12.2. The molecule has 0 spiro atoms. The van der Waals surface area contributed by atoms with E-state index in [0.717, 1.165) is 15.9 Å². The van der Waals surface area contributed by atoms with E-state index in [-0.39, 0.29) is 5.91 Å². The first-order valence-electron chi connectivity index (χ1n) is 7.97. The molecule has 24 heavy (non-hydrogen) atoms. The molecule has 1 amide bonds. The molecule has 0 saturated carbocycles. The molecule has 2 rings (SSSR count). The number of carbonyl (C=O) groups excluding carboxylic acids is 1. The molecular formula is C19H24BrN2OS+. The van der Waals surface area contributed by atoms with Crippen molar-refractivity contribution in [3.05, 3.63) is 63.6 Å². The summed E-state index contributed by atoms with van der Waals surface area (Å²) in [5.41, 5.74) is 3.66. The minimum atomic E-state index is 0.0642. The van der Waals surface area contributed by atoms with Gasteiger partial charge in [0.25, 0.3) is 0 Å². The van der Waals surface area contributed by atoms with E-state index in [9.17, 15) is 4.79 Å². The first-order chi connectivity index (χ1) is 11.5. The molecule has 3 nitrogen and oxygen atoms in total. The van der Waals surface area contributed by atoms with Gasteiger partial charge in [0.15, 0.2) is 0 Å². The Labute approximate surface area is 157 Å². The number of quaternary nitrogens is 1. The molecule has 0 aromatic heterocycles. The van der Waals surface area contributed by atoms with E-state index in [4.69, 9.17) is 0 Å². The maximum atomic E-state index is 12.2. The molecule has 0 aliphatic heterocycles. The van der Waals surface area contributed by atoms with Gasteiger partial charge in [-0.3, -0.25) is 4.79 Å². The first-order valence-corrected chi connectivity index (χ1v) is 9.75. The van der Waals surface area contributed by atoms with Crippen molar-refractivity contribution in [3.63, 3.8) is 0 Å². The van der Waals surface area contributed by atoms with Crippen LogP contribution < -0.4 is 10.2 Å². The third-order valence-electron chi connectivity index (χ3n) is 3.63. The number of thioether (sulfide) groups is 1. The Morgan fingerprint density at radius 1 is 1.17 bits per heavy atom. The summed E-state index contributed by atoms with van der Waals surface area (Å²) >= 11 is 5.04. The van der Waals surface area contributed by atoms with E-state index in [1.54, 1.807) is 11.8 Å². The molecular weight excluding hydrogens is 384 g/mol. The number of hydrogen-bond donors (Lipinski definition) is 2. The van der Waals surface area contributed by atoms with E-state index in [0.29, 0.717) is 12.3 Å². The lowest BCUT2D eigenvalue weighted by molar-refractivity contribution is -0.872. The average molecular weight is 408 g/mol. The number of hydrogen-bond acceptors (Lipinski definition) is 2. The van der Waals surface area contributed by atoms with Crippen molar-refractivity contribution in [2.24, 2.45) is 0 Å². The third-order valence-corrected chi connectivity index (χ3v) is 5.30. The van der Waals surface area contributed by atoms with Crippen LogP contribution >= 0.6 is 27.7 Å². The number of rotatable bonds is 7. The molecule has 0 aliphatic carbocycles. The average Bonchev–Trinajstić information content (AvgIpc) is 2.52. The zero-order chi connectivity index (χ0) is 17.5. The lowest BCUT2D eigenvalue weighted by Crippen LogP contribution is -3.04. The molecule has 5 heteroatoms. The molecule has 0 aliphatic rings. The SMILES string of the molecule is Cc1cc(Br)ccc1SCC(=O)NCc1ccccc1C[NH+](C)C. The second-order valence-corrected chi connectivity index (χ2v) is 8.06. The zero-order valence-electron chi connectivity index (χ0n) is 14.4. The Bertz CT molecular complexity index is 704. The largest absolute Gasteiger partial charge is 0.351 e. The van der Waals surface area contributed by atoms with Crippen LogP contribution in [0.5, 0.6) is 0 Å². The number of nitrogens with one attached hydrogen (secondary N) is 2. The Morgan fingerprint density at radius 3 is 2.54 bits per heavy atom. The summed E-state index contributed by atoms with van der Waals surface area (Å²) in [6, 6.07) is 14.4. The summed E-state index contributed by atoms with van der Waals surface area (Å²) in [5.74, 6) is 0.498. The van der Waals surface area contributed by atoms with Crippen molar-refractivity contribution in [1.29, 1.82) is 0 Å². The second-order valence-electron chi connectivity index (χ2n) is 6.13. The molecule has 0 radical (unpaired) electrons. The quantitative estimate of drug-likeness (QED) is 0.691. The summed E-state index contributed by atoms with van der Waals surface area (Å²) in [6.07, 6.45) is 0. The van der Waals surface area contributed by atoms with Crippen molar-refractivity contribution < 1.29 is 9.69 Å². The highest BCUT2D eigenvalue weighted by Gasteiger charge is 2.08. The number of carbonyl (C=O) groups is 1. The van der Waals surface area contributed by atoms with E-state index in [2.05, 4.69) is 66.5 Å². The van der Waals surface area contributed by atoms with Crippen LogP contribution in [0.2, 0.25) is 0 Å². The van der Waals surface area contributed by atoms with Gasteiger partial charge in [0.2, 0.25) is 5.91 Å². The van der Waals surface area contributed by atoms with Crippen molar-refractivity contribution in [2.45, 2.75) is 24.9 Å². The van der Waals surface area contributed by atoms with Crippen LogP contribution in [0.15, 0.2) is 51.8 Å². The highest BCUT2D eigenvalue weighted by Crippen LogP contribution is 2.25. The van der Waals surface area contributed by atoms with Crippen molar-refractivity contribution in [3.8, 4) is 0 Å². The molecule has 0 heterocycles. The Morgan fingerprint density at radius 2 is 1.88 bits per heavy atom. The fraction of sp³-hybridized carbons (Fsp3) is 0.316. The van der Waals surface area contributed by atoms with Crippen LogP contribution in [-0.4, -0.2) is 25.8 Å². The summed E-state index contributed by atoms with van der Waals surface area (Å²) in [7, 11) is 4.26. The molecule has 128 valence electrons. The van der Waals surface area contributed by atoms with Crippen LogP contribution in [0.1, 0.15) is 16.7 Å². The number of halogens is 1. The Kier molecular flexibility index (Phi) is 7.34. The molecule has 2 aromatic carbocycles. The molecule has 0 bridgehead atoms. The zero-order valence-corrected chi connectivity index (χ0v) is 16.8. The fourth-order valence-corrected chi connectivity index (χ4v) is 3.76. The third kappa shape index (κ3) is 5.96. The molecule has 0 fully saturated rings. The number of amides is 1. The van der Waals surface area contributed by atoms with Crippen LogP contribution in [-0.2, 0) is 17.9 Å². The van der Waals surface area contributed by atoms with Gasteiger partial charge >= 0.3 is 0 Å². The van der Waals surface area contributed by atoms with Crippen LogP contribution in [0, 0.1) is 6.92 Å². The van der Waals surface area contributed by atoms with Crippen LogP contribution in [0.3, 0.4) is 0 Å². The van der Waals surface area contributed by atoms with Crippen molar-refractivity contribution in [1.82, 2.24) is 5.32 Å². The minimum absolute atomic E-state index is 0.0642. The van der Waals surface area contributed by atoms with E-state index in [1.165, 1.54) is 21.6 Å².